The normalized spacial score (nSPS) is 11.2. The summed E-state index contributed by atoms with van der Waals surface area (Å²) in [4.78, 5) is 17.1. The molecule has 1 heterocycles. The first kappa shape index (κ1) is 23.5. The van der Waals surface area contributed by atoms with Gasteiger partial charge in [-0.05, 0) is 66.7 Å². The molecule has 0 unspecified atom stereocenters. The summed E-state index contributed by atoms with van der Waals surface area (Å²) in [5.74, 6) is -0.384. The molecule has 4 aromatic rings. The number of aromatic nitrogens is 1. The summed E-state index contributed by atoms with van der Waals surface area (Å²) in [6.45, 7) is 0. The summed E-state index contributed by atoms with van der Waals surface area (Å²) in [5.41, 5.74) is 1.97. The van der Waals surface area contributed by atoms with E-state index in [0.717, 1.165) is 0 Å². The molecule has 33 heavy (non-hydrogen) atoms. The van der Waals surface area contributed by atoms with Crippen molar-refractivity contribution in [1.29, 1.82) is 0 Å². The third-order valence-electron chi connectivity index (χ3n) is 4.45. The number of nitrogens with one attached hydrogen (secondary N) is 2. The van der Waals surface area contributed by atoms with Crippen LogP contribution in [0.3, 0.4) is 0 Å². The molecule has 0 saturated carbocycles. The molecule has 0 aliphatic rings. The SMILES string of the molecule is O=C(Nc1nc(-c2ccc(Cl)cc2Cl)cs1)c1ccc(NS(=O)(=O)c2ccc(Cl)cc2)cc1. The van der Waals surface area contributed by atoms with Crippen LogP contribution in [0.4, 0.5) is 10.8 Å². The largest absolute Gasteiger partial charge is 0.298 e. The van der Waals surface area contributed by atoms with E-state index < -0.39 is 10.0 Å². The molecular weight excluding hydrogens is 525 g/mol. The van der Waals surface area contributed by atoms with Crippen LogP contribution in [0.15, 0.2) is 77.0 Å². The zero-order chi connectivity index (χ0) is 23.6. The van der Waals surface area contributed by atoms with Gasteiger partial charge in [-0.3, -0.25) is 14.8 Å². The monoisotopic (exact) mass is 537 g/mol. The molecule has 3 aromatic carbocycles. The lowest BCUT2D eigenvalue weighted by Crippen LogP contribution is -2.14. The minimum Gasteiger partial charge on any atom is -0.298 e. The number of amides is 1. The highest BCUT2D eigenvalue weighted by Gasteiger charge is 2.15. The van der Waals surface area contributed by atoms with Crippen molar-refractivity contribution < 1.29 is 13.2 Å². The van der Waals surface area contributed by atoms with Gasteiger partial charge in [-0.25, -0.2) is 13.4 Å². The number of hydrogen-bond acceptors (Lipinski definition) is 5. The maximum absolute atomic E-state index is 12.6. The fourth-order valence-electron chi connectivity index (χ4n) is 2.84. The zero-order valence-electron chi connectivity index (χ0n) is 16.6. The van der Waals surface area contributed by atoms with Gasteiger partial charge < -0.3 is 0 Å². The molecule has 0 spiro atoms. The predicted molar refractivity (Wildman–Crippen MR) is 134 cm³/mol. The summed E-state index contributed by atoms with van der Waals surface area (Å²) in [7, 11) is -3.78. The molecule has 0 bridgehead atoms. The average molecular weight is 539 g/mol. The van der Waals surface area contributed by atoms with Crippen molar-refractivity contribution in [3.8, 4) is 11.3 Å². The van der Waals surface area contributed by atoms with E-state index in [9.17, 15) is 13.2 Å². The van der Waals surface area contributed by atoms with Crippen molar-refractivity contribution in [2.75, 3.05) is 10.0 Å². The average Bonchev–Trinajstić information content (AvgIpc) is 3.22. The van der Waals surface area contributed by atoms with Crippen LogP contribution < -0.4 is 10.0 Å². The maximum atomic E-state index is 12.6. The molecule has 0 aliphatic heterocycles. The highest BCUT2D eigenvalue weighted by molar-refractivity contribution is 7.92. The summed E-state index contributed by atoms with van der Waals surface area (Å²) in [6.07, 6.45) is 0. The van der Waals surface area contributed by atoms with Gasteiger partial charge in [0.15, 0.2) is 5.13 Å². The second-order valence-electron chi connectivity index (χ2n) is 6.75. The third-order valence-corrected chi connectivity index (χ3v) is 7.41. The molecule has 0 saturated heterocycles. The Kier molecular flexibility index (Phi) is 6.92. The molecule has 2 N–H and O–H groups in total. The molecule has 1 aromatic heterocycles. The molecule has 11 heteroatoms. The molecule has 0 atom stereocenters. The van der Waals surface area contributed by atoms with E-state index in [0.29, 0.717) is 42.7 Å². The van der Waals surface area contributed by atoms with E-state index in [1.165, 1.54) is 59.9 Å². The molecule has 6 nitrogen and oxygen atoms in total. The van der Waals surface area contributed by atoms with Crippen LogP contribution in [0, 0.1) is 0 Å². The number of carbonyl (C=O) groups is 1. The van der Waals surface area contributed by atoms with E-state index in [-0.39, 0.29) is 10.8 Å². The summed E-state index contributed by atoms with van der Waals surface area (Å²) in [5, 5.41) is 6.32. The molecular formula is C22H14Cl3N3O3S2. The minimum atomic E-state index is -3.78. The van der Waals surface area contributed by atoms with Gasteiger partial charge in [0, 0.05) is 32.2 Å². The van der Waals surface area contributed by atoms with Crippen LogP contribution in [-0.2, 0) is 10.0 Å². The van der Waals surface area contributed by atoms with E-state index in [1.54, 1.807) is 23.6 Å². The third kappa shape index (κ3) is 5.66. The lowest BCUT2D eigenvalue weighted by atomic mass is 10.2. The number of thiazole rings is 1. The Morgan fingerprint density at radius 1 is 0.879 bits per heavy atom. The number of halogens is 3. The fraction of sp³-hybridized carbons (Fsp3) is 0. The predicted octanol–water partition coefficient (Wildman–Crippen LogP) is 6.82. The van der Waals surface area contributed by atoms with Gasteiger partial charge in [0.25, 0.3) is 15.9 Å². The number of nitrogens with zero attached hydrogens (tertiary/aromatic N) is 1. The van der Waals surface area contributed by atoms with Gasteiger partial charge in [0.05, 0.1) is 15.6 Å². The van der Waals surface area contributed by atoms with Crippen molar-refractivity contribution in [3.05, 3.63) is 92.7 Å². The number of anilines is 2. The highest BCUT2D eigenvalue weighted by atomic mass is 35.5. The highest BCUT2D eigenvalue weighted by Crippen LogP contribution is 2.32. The maximum Gasteiger partial charge on any atom is 0.261 e. The Labute approximate surface area is 209 Å². The smallest absolute Gasteiger partial charge is 0.261 e. The van der Waals surface area contributed by atoms with Gasteiger partial charge in [-0.15, -0.1) is 11.3 Å². The lowest BCUT2D eigenvalue weighted by Gasteiger charge is -2.09. The van der Waals surface area contributed by atoms with E-state index in [1.807, 2.05) is 0 Å². The zero-order valence-corrected chi connectivity index (χ0v) is 20.5. The Morgan fingerprint density at radius 3 is 2.21 bits per heavy atom. The Balaban J connectivity index is 1.44. The molecule has 4 rings (SSSR count). The fourth-order valence-corrected chi connectivity index (χ4v) is 5.23. The van der Waals surface area contributed by atoms with Crippen LogP contribution in [0.2, 0.25) is 15.1 Å². The molecule has 0 radical (unpaired) electrons. The Hall–Kier alpha value is -2.62. The Bertz CT molecular complexity index is 1420. The summed E-state index contributed by atoms with van der Waals surface area (Å²) in [6, 6.07) is 16.9. The van der Waals surface area contributed by atoms with Gasteiger partial charge in [0.1, 0.15) is 0 Å². The first-order valence-corrected chi connectivity index (χ1v) is 12.8. The first-order valence-electron chi connectivity index (χ1n) is 9.32. The molecule has 168 valence electrons. The number of hydrogen-bond donors (Lipinski definition) is 2. The van der Waals surface area contributed by atoms with Gasteiger partial charge >= 0.3 is 0 Å². The topological polar surface area (TPSA) is 88.2 Å². The van der Waals surface area contributed by atoms with Crippen LogP contribution >= 0.6 is 46.1 Å². The van der Waals surface area contributed by atoms with Gasteiger partial charge in [0.2, 0.25) is 0 Å². The van der Waals surface area contributed by atoms with Gasteiger partial charge in [-0.1, -0.05) is 34.8 Å². The van der Waals surface area contributed by atoms with Crippen molar-refractivity contribution in [3.63, 3.8) is 0 Å². The van der Waals surface area contributed by atoms with Crippen LogP contribution in [0.25, 0.3) is 11.3 Å². The van der Waals surface area contributed by atoms with Crippen molar-refractivity contribution in [2.45, 2.75) is 4.90 Å². The van der Waals surface area contributed by atoms with E-state index >= 15 is 0 Å². The summed E-state index contributed by atoms with van der Waals surface area (Å²) >= 11 is 19.2. The van der Waals surface area contributed by atoms with Crippen molar-refractivity contribution >= 4 is 72.9 Å². The van der Waals surface area contributed by atoms with Crippen molar-refractivity contribution in [1.82, 2.24) is 4.98 Å². The van der Waals surface area contributed by atoms with Crippen molar-refractivity contribution in [2.24, 2.45) is 0 Å². The number of sulfonamides is 1. The second kappa shape index (κ2) is 9.70. The lowest BCUT2D eigenvalue weighted by molar-refractivity contribution is 0.102. The first-order chi connectivity index (χ1) is 15.7. The molecule has 0 fully saturated rings. The standard InChI is InChI=1S/C22H14Cl3N3O3S2/c23-14-3-8-17(9-4-14)33(30,31)28-16-6-1-13(2-7-16)21(29)27-22-26-20(12-32-22)18-10-5-15(24)11-19(18)25/h1-12,28H,(H,26,27,29). The van der Waals surface area contributed by atoms with Crippen LogP contribution in [-0.4, -0.2) is 19.3 Å². The minimum absolute atomic E-state index is 0.0779. The molecule has 0 aliphatic carbocycles. The van der Waals surface area contributed by atoms with Crippen LogP contribution in [0.1, 0.15) is 10.4 Å². The molecule has 1 amide bonds. The van der Waals surface area contributed by atoms with E-state index in [2.05, 4.69) is 15.0 Å². The quantitative estimate of drug-likeness (QED) is 0.282. The van der Waals surface area contributed by atoms with E-state index in [4.69, 9.17) is 34.8 Å². The second-order valence-corrected chi connectivity index (χ2v) is 10.6. The van der Waals surface area contributed by atoms with Crippen LogP contribution in [0.5, 0.6) is 0 Å². The Morgan fingerprint density at radius 2 is 1.55 bits per heavy atom. The summed E-state index contributed by atoms with van der Waals surface area (Å²) < 4.78 is 27.4. The van der Waals surface area contributed by atoms with Gasteiger partial charge in [-0.2, -0.15) is 0 Å². The number of rotatable bonds is 6. The number of benzene rings is 3. The number of carbonyl (C=O) groups excluding carboxylic acids is 1.